The van der Waals surface area contributed by atoms with Crippen molar-refractivity contribution in [1.82, 2.24) is 5.32 Å². The minimum absolute atomic E-state index is 0.313. The number of hydrogen-bond donors (Lipinski definition) is 2. The highest BCUT2D eigenvalue weighted by Gasteiger charge is 2.20. The number of rotatable bonds is 6. The molecular formula is C11H23NO2. The molecule has 1 aliphatic carbocycles. The van der Waals surface area contributed by atoms with Gasteiger partial charge in [-0.2, -0.15) is 0 Å². The number of ether oxygens (including phenoxy) is 1. The molecule has 0 aliphatic heterocycles. The van der Waals surface area contributed by atoms with Crippen LogP contribution in [0.1, 0.15) is 38.5 Å². The first-order valence-corrected chi connectivity index (χ1v) is 5.74. The third-order valence-corrected chi connectivity index (χ3v) is 2.98. The van der Waals surface area contributed by atoms with E-state index in [1.54, 1.807) is 7.11 Å². The second-order valence-corrected chi connectivity index (χ2v) is 4.11. The van der Waals surface area contributed by atoms with Crippen LogP contribution in [0.15, 0.2) is 0 Å². The van der Waals surface area contributed by atoms with Gasteiger partial charge in [-0.15, -0.1) is 0 Å². The van der Waals surface area contributed by atoms with Crippen LogP contribution >= 0.6 is 0 Å². The van der Waals surface area contributed by atoms with Crippen molar-refractivity contribution in [2.75, 3.05) is 20.3 Å². The van der Waals surface area contributed by atoms with Crippen molar-refractivity contribution in [3.63, 3.8) is 0 Å². The molecule has 0 spiro atoms. The molecule has 0 amide bonds. The number of hydrogen-bond acceptors (Lipinski definition) is 3. The van der Waals surface area contributed by atoms with E-state index in [2.05, 4.69) is 5.32 Å². The standard InChI is InChI=1S/C11H23NO2/c1-14-11-6-4-5-10(9-11)12-7-2-3-8-13/h10-13H,2-9H2,1H3. The maximum Gasteiger partial charge on any atom is 0.0586 e. The molecule has 0 bridgehead atoms. The molecule has 2 unspecified atom stereocenters. The summed E-state index contributed by atoms with van der Waals surface area (Å²) in [6.45, 7) is 1.34. The number of methoxy groups -OCH3 is 1. The minimum Gasteiger partial charge on any atom is -0.396 e. The molecule has 14 heavy (non-hydrogen) atoms. The third kappa shape index (κ3) is 4.40. The van der Waals surface area contributed by atoms with Gasteiger partial charge in [0.25, 0.3) is 0 Å². The zero-order valence-corrected chi connectivity index (χ0v) is 9.17. The van der Waals surface area contributed by atoms with E-state index in [1.807, 2.05) is 0 Å². The number of unbranched alkanes of at least 4 members (excludes halogenated alkanes) is 1. The topological polar surface area (TPSA) is 41.5 Å². The zero-order chi connectivity index (χ0) is 10.2. The van der Waals surface area contributed by atoms with E-state index in [0.29, 0.717) is 18.8 Å². The van der Waals surface area contributed by atoms with Crippen molar-refractivity contribution >= 4 is 0 Å². The van der Waals surface area contributed by atoms with Gasteiger partial charge in [-0.05, 0) is 45.1 Å². The van der Waals surface area contributed by atoms with Crippen molar-refractivity contribution in [1.29, 1.82) is 0 Å². The third-order valence-electron chi connectivity index (χ3n) is 2.98. The summed E-state index contributed by atoms with van der Waals surface area (Å²) in [4.78, 5) is 0. The predicted octanol–water partition coefficient (Wildman–Crippen LogP) is 1.31. The molecular weight excluding hydrogens is 178 g/mol. The Morgan fingerprint density at radius 1 is 1.36 bits per heavy atom. The molecule has 0 aromatic rings. The quantitative estimate of drug-likeness (QED) is 0.637. The van der Waals surface area contributed by atoms with Crippen LogP contribution in [0.3, 0.4) is 0 Å². The lowest BCUT2D eigenvalue weighted by molar-refractivity contribution is 0.0588. The van der Waals surface area contributed by atoms with Gasteiger partial charge in [0.05, 0.1) is 6.10 Å². The summed E-state index contributed by atoms with van der Waals surface area (Å²) in [5.74, 6) is 0. The molecule has 0 heterocycles. The Labute approximate surface area is 86.8 Å². The average Bonchev–Trinajstić information content (AvgIpc) is 2.25. The first-order chi connectivity index (χ1) is 6.86. The molecule has 2 N–H and O–H groups in total. The largest absolute Gasteiger partial charge is 0.396 e. The molecule has 1 fully saturated rings. The van der Waals surface area contributed by atoms with Gasteiger partial charge >= 0.3 is 0 Å². The summed E-state index contributed by atoms with van der Waals surface area (Å²) in [6, 6.07) is 0.632. The highest BCUT2D eigenvalue weighted by atomic mass is 16.5. The molecule has 1 rings (SSSR count). The molecule has 1 aliphatic rings. The lowest BCUT2D eigenvalue weighted by Gasteiger charge is -2.28. The van der Waals surface area contributed by atoms with Crippen LogP contribution in [0, 0.1) is 0 Å². The highest BCUT2D eigenvalue weighted by Crippen LogP contribution is 2.20. The van der Waals surface area contributed by atoms with Gasteiger partial charge in [0.2, 0.25) is 0 Å². The number of nitrogens with one attached hydrogen (secondary N) is 1. The van der Waals surface area contributed by atoms with Gasteiger partial charge in [-0.1, -0.05) is 0 Å². The Morgan fingerprint density at radius 3 is 2.93 bits per heavy atom. The maximum atomic E-state index is 8.64. The lowest BCUT2D eigenvalue weighted by atomic mass is 9.93. The predicted molar refractivity (Wildman–Crippen MR) is 57.4 cm³/mol. The summed E-state index contributed by atoms with van der Waals surface area (Å²) in [6.07, 6.45) is 7.35. The van der Waals surface area contributed by atoms with Crippen LogP contribution in [-0.2, 0) is 4.74 Å². The van der Waals surface area contributed by atoms with Crippen molar-refractivity contribution < 1.29 is 9.84 Å². The summed E-state index contributed by atoms with van der Waals surface area (Å²) in [5.41, 5.74) is 0. The summed E-state index contributed by atoms with van der Waals surface area (Å²) in [7, 11) is 1.80. The van der Waals surface area contributed by atoms with Crippen LogP contribution in [-0.4, -0.2) is 37.5 Å². The van der Waals surface area contributed by atoms with Gasteiger partial charge in [0.1, 0.15) is 0 Å². The van der Waals surface area contributed by atoms with E-state index in [4.69, 9.17) is 9.84 Å². The maximum absolute atomic E-state index is 8.64. The van der Waals surface area contributed by atoms with E-state index in [9.17, 15) is 0 Å². The fourth-order valence-electron chi connectivity index (χ4n) is 2.09. The van der Waals surface area contributed by atoms with Crippen LogP contribution in [0.4, 0.5) is 0 Å². The smallest absolute Gasteiger partial charge is 0.0586 e. The van der Waals surface area contributed by atoms with E-state index >= 15 is 0 Å². The minimum atomic E-state index is 0.313. The molecule has 0 aromatic heterocycles. The van der Waals surface area contributed by atoms with Gasteiger partial charge in [-0.3, -0.25) is 0 Å². The highest BCUT2D eigenvalue weighted by molar-refractivity contribution is 4.77. The van der Waals surface area contributed by atoms with Gasteiger partial charge in [0, 0.05) is 19.8 Å². The SMILES string of the molecule is COC1CCCC(NCCCCO)C1. The number of aliphatic hydroxyl groups is 1. The van der Waals surface area contributed by atoms with Crippen molar-refractivity contribution in [2.45, 2.75) is 50.7 Å². The molecule has 3 nitrogen and oxygen atoms in total. The summed E-state index contributed by atoms with van der Waals surface area (Å²) in [5, 5.41) is 12.2. The van der Waals surface area contributed by atoms with Crippen LogP contribution in [0.5, 0.6) is 0 Å². The van der Waals surface area contributed by atoms with Crippen LogP contribution < -0.4 is 5.32 Å². The molecule has 3 heteroatoms. The molecule has 1 saturated carbocycles. The molecule has 2 atom stereocenters. The first-order valence-electron chi connectivity index (χ1n) is 5.74. The fourth-order valence-corrected chi connectivity index (χ4v) is 2.09. The Bertz CT molecular complexity index is 141. The molecule has 0 radical (unpaired) electrons. The normalized spacial score (nSPS) is 27.9. The van der Waals surface area contributed by atoms with Gasteiger partial charge < -0.3 is 15.2 Å². The Kier molecular flexibility index (Phi) is 6.15. The second kappa shape index (κ2) is 7.21. The van der Waals surface area contributed by atoms with E-state index in [-0.39, 0.29) is 0 Å². The van der Waals surface area contributed by atoms with E-state index in [1.165, 1.54) is 19.3 Å². The van der Waals surface area contributed by atoms with E-state index in [0.717, 1.165) is 25.8 Å². The zero-order valence-electron chi connectivity index (χ0n) is 9.17. The van der Waals surface area contributed by atoms with E-state index < -0.39 is 0 Å². The molecule has 0 aromatic carbocycles. The Hall–Kier alpha value is -0.120. The van der Waals surface area contributed by atoms with Gasteiger partial charge in [-0.25, -0.2) is 0 Å². The van der Waals surface area contributed by atoms with Crippen molar-refractivity contribution in [3.8, 4) is 0 Å². The monoisotopic (exact) mass is 201 g/mol. The van der Waals surface area contributed by atoms with Crippen molar-refractivity contribution in [2.24, 2.45) is 0 Å². The summed E-state index contributed by atoms with van der Waals surface area (Å²) >= 11 is 0. The average molecular weight is 201 g/mol. The number of aliphatic hydroxyl groups excluding tert-OH is 1. The van der Waals surface area contributed by atoms with Gasteiger partial charge in [0.15, 0.2) is 0 Å². The van der Waals surface area contributed by atoms with Crippen LogP contribution in [0.25, 0.3) is 0 Å². The second-order valence-electron chi connectivity index (χ2n) is 4.11. The Morgan fingerprint density at radius 2 is 2.21 bits per heavy atom. The molecule has 0 saturated heterocycles. The molecule has 84 valence electrons. The van der Waals surface area contributed by atoms with Crippen molar-refractivity contribution in [3.05, 3.63) is 0 Å². The summed E-state index contributed by atoms with van der Waals surface area (Å²) < 4.78 is 5.37. The lowest BCUT2D eigenvalue weighted by Crippen LogP contribution is -2.37. The van der Waals surface area contributed by atoms with Crippen LogP contribution in [0.2, 0.25) is 0 Å². The first kappa shape index (κ1) is 12.0. The fraction of sp³-hybridized carbons (Fsp3) is 1.00. The Balaban J connectivity index is 2.05.